The largest absolute Gasteiger partial charge is 0.464 e. The molecule has 6 heteroatoms. The summed E-state index contributed by atoms with van der Waals surface area (Å²) in [6.45, 7) is 6.39. The topological polar surface area (TPSA) is 63.2 Å². The van der Waals surface area contributed by atoms with E-state index in [9.17, 15) is 4.79 Å². The molecule has 0 aliphatic heterocycles. The Labute approximate surface area is 159 Å². The van der Waals surface area contributed by atoms with Crippen molar-refractivity contribution in [3.05, 3.63) is 65.7 Å². The second-order valence-electron chi connectivity index (χ2n) is 5.51. The smallest absolute Gasteiger partial charge is 0.338 e. The average Bonchev–Trinajstić information content (AvgIpc) is 2.70. The third kappa shape index (κ3) is 5.32. The van der Waals surface area contributed by atoms with Gasteiger partial charge in [0.25, 0.3) is 0 Å². The molecule has 0 aromatic heterocycles. The first-order valence-electron chi connectivity index (χ1n) is 8.45. The molecular formula is C21H24O6. The summed E-state index contributed by atoms with van der Waals surface area (Å²) in [5.41, 5.74) is 2.60. The van der Waals surface area contributed by atoms with E-state index < -0.39 is 0 Å². The maximum Gasteiger partial charge on any atom is 0.338 e. The van der Waals surface area contributed by atoms with E-state index in [2.05, 4.69) is 6.58 Å². The van der Waals surface area contributed by atoms with E-state index in [4.69, 9.17) is 23.7 Å². The molecule has 0 aliphatic carbocycles. The van der Waals surface area contributed by atoms with Crippen LogP contribution in [0.3, 0.4) is 0 Å². The van der Waals surface area contributed by atoms with Gasteiger partial charge in [0.15, 0.2) is 25.1 Å². The normalized spacial score (nSPS) is 10.3. The SMILES string of the molecule is C=C(c1ccc(OCOC)c(OCOC)c1)c1ccccc1C(=O)OCC. The van der Waals surface area contributed by atoms with Gasteiger partial charge in [0, 0.05) is 14.2 Å². The van der Waals surface area contributed by atoms with Gasteiger partial charge in [-0.05, 0) is 41.8 Å². The monoisotopic (exact) mass is 372 g/mol. The van der Waals surface area contributed by atoms with Gasteiger partial charge in [-0.3, -0.25) is 0 Å². The Balaban J connectivity index is 2.37. The zero-order valence-corrected chi connectivity index (χ0v) is 15.8. The lowest BCUT2D eigenvalue weighted by Gasteiger charge is -2.15. The molecule has 2 aromatic rings. The lowest BCUT2D eigenvalue weighted by atomic mass is 9.95. The minimum atomic E-state index is -0.384. The van der Waals surface area contributed by atoms with Crippen molar-refractivity contribution in [2.24, 2.45) is 0 Å². The van der Waals surface area contributed by atoms with Crippen LogP contribution in [0.1, 0.15) is 28.4 Å². The molecule has 0 fully saturated rings. The average molecular weight is 372 g/mol. The van der Waals surface area contributed by atoms with Crippen molar-refractivity contribution in [3.63, 3.8) is 0 Å². The summed E-state index contributed by atoms with van der Waals surface area (Å²) in [6.07, 6.45) is 0. The number of carbonyl (C=O) groups is 1. The number of esters is 1. The van der Waals surface area contributed by atoms with E-state index >= 15 is 0 Å². The molecule has 2 aromatic carbocycles. The van der Waals surface area contributed by atoms with Crippen LogP contribution in [0.15, 0.2) is 49.0 Å². The van der Waals surface area contributed by atoms with Crippen molar-refractivity contribution >= 4 is 11.5 Å². The zero-order valence-electron chi connectivity index (χ0n) is 15.8. The molecule has 2 rings (SSSR count). The van der Waals surface area contributed by atoms with E-state index in [0.717, 1.165) is 5.56 Å². The van der Waals surface area contributed by atoms with Crippen LogP contribution in [0.5, 0.6) is 11.5 Å². The molecule has 0 unspecified atom stereocenters. The van der Waals surface area contributed by atoms with E-state index in [1.807, 2.05) is 18.2 Å². The maximum atomic E-state index is 12.2. The fourth-order valence-electron chi connectivity index (χ4n) is 2.46. The second-order valence-corrected chi connectivity index (χ2v) is 5.51. The van der Waals surface area contributed by atoms with Gasteiger partial charge in [-0.25, -0.2) is 4.79 Å². The maximum absolute atomic E-state index is 12.2. The number of methoxy groups -OCH3 is 2. The molecule has 0 atom stereocenters. The molecule has 0 spiro atoms. The Kier molecular flexibility index (Phi) is 7.85. The number of ether oxygens (including phenoxy) is 5. The first-order valence-corrected chi connectivity index (χ1v) is 8.45. The van der Waals surface area contributed by atoms with Gasteiger partial charge in [0.2, 0.25) is 0 Å². The molecule has 6 nitrogen and oxygen atoms in total. The Morgan fingerprint density at radius 1 is 0.926 bits per heavy atom. The lowest BCUT2D eigenvalue weighted by molar-refractivity contribution is 0.0322. The van der Waals surface area contributed by atoms with Crippen molar-refractivity contribution in [1.82, 2.24) is 0 Å². The van der Waals surface area contributed by atoms with Gasteiger partial charge in [0.05, 0.1) is 12.2 Å². The Bertz CT molecular complexity index is 784. The number of rotatable bonds is 10. The highest BCUT2D eigenvalue weighted by Crippen LogP contribution is 2.33. The Hall–Kier alpha value is -2.83. The predicted molar refractivity (Wildman–Crippen MR) is 102 cm³/mol. The highest BCUT2D eigenvalue weighted by Gasteiger charge is 2.16. The molecule has 0 N–H and O–H groups in total. The quantitative estimate of drug-likeness (QED) is 0.466. The summed E-state index contributed by atoms with van der Waals surface area (Å²) in [4.78, 5) is 12.2. The molecule has 0 amide bonds. The summed E-state index contributed by atoms with van der Waals surface area (Å²) >= 11 is 0. The summed E-state index contributed by atoms with van der Waals surface area (Å²) in [6, 6.07) is 12.6. The molecule has 144 valence electrons. The summed E-state index contributed by atoms with van der Waals surface area (Å²) in [7, 11) is 3.08. The first-order chi connectivity index (χ1) is 13.1. The highest BCUT2D eigenvalue weighted by molar-refractivity contribution is 5.97. The van der Waals surface area contributed by atoms with Crippen LogP contribution in [-0.2, 0) is 14.2 Å². The molecule has 0 aliphatic rings. The molecule has 0 bridgehead atoms. The molecule has 0 radical (unpaired) electrons. The van der Waals surface area contributed by atoms with Crippen LogP contribution in [0.25, 0.3) is 5.57 Å². The minimum Gasteiger partial charge on any atom is -0.464 e. The van der Waals surface area contributed by atoms with Gasteiger partial charge in [-0.2, -0.15) is 0 Å². The highest BCUT2D eigenvalue weighted by atomic mass is 16.7. The van der Waals surface area contributed by atoms with Crippen molar-refractivity contribution in [2.75, 3.05) is 34.4 Å². The van der Waals surface area contributed by atoms with Crippen LogP contribution >= 0.6 is 0 Å². The standard InChI is InChI=1S/C21H24O6/c1-5-25-21(22)18-9-7-6-8-17(18)15(2)16-10-11-19(26-13-23-3)20(12-16)27-14-24-4/h6-12H,2,5,13-14H2,1,3-4H3. The van der Waals surface area contributed by atoms with Gasteiger partial charge in [-0.1, -0.05) is 30.8 Å². The fraction of sp³-hybridized carbons (Fsp3) is 0.286. The Morgan fingerprint density at radius 3 is 2.19 bits per heavy atom. The summed E-state index contributed by atoms with van der Waals surface area (Å²) in [5.74, 6) is 0.621. The molecule has 27 heavy (non-hydrogen) atoms. The third-order valence-electron chi connectivity index (χ3n) is 3.70. The van der Waals surface area contributed by atoms with Crippen molar-refractivity contribution in [2.45, 2.75) is 6.92 Å². The molecule has 0 saturated heterocycles. The van der Waals surface area contributed by atoms with E-state index in [0.29, 0.717) is 34.8 Å². The predicted octanol–water partition coefficient (Wildman–Crippen LogP) is 3.89. The zero-order chi connectivity index (χ0) is 19.6. The van der Waals surface area contributed by atoms with Crippen molar-refractivity contribution in [3.8, 4) is 11.5 Å². The number of benzene rings is 2. The third-order valence-corrected chi connectivity index (χ3v) is 3.70. The van der Waals surface area contributed by atoms with Crippen LogP contribution in [0.2, 0.25) is 0 Å². The fourth-order valence-corrected chi connectivity index (χ4v) is 2.46. The van der Waals surface area contributed by atoms with Crippen LogP contribution < -0.4 is 9.47 Å². The van der Waals surface area contributed by atoms with Gasteiger partial charge < -0.3 is 23.7 Å². The van der Waals surface area contributed by atoms with E-state index in [-0.39, 0.29) is 19.6 Å². The van der Waals surface area contributed by atoms with Crippen molar-refractivity contribution in [1.29, 1.82) is 0 Å². The van der Waals surface area contributed by atoms with Crippen LogP contribution in [0.4, 0.5) is 0 Å². The first kappa shape index (κ1) is 20.5. The number of carbonyl (C=O) groups excluding carboxylic acids is 1. The minimum absolute atomic E-state index is 0.0681. The molecule has 0 saturated carbocycles. The summed E-state index contributed by atoms with van der Waals surface area (Å²) < 4.78 is 26.2. The number of hydrogen-bond donors (Lipinski definition) is 0. The van der Waals surface area contributed by atoms with Gasteiger partial charge in [0.1, 0.15) is 0 Å². The van der Waals surface area contributed by atoms with Crippen LogP contribution in [0, 0.1) is 0 Å². The van der Waals surface area contributed by atoms with Gasteiger partial charge in [-0.15, -0.1) is 0 Å². The Morgan fingerprint density at radius 2 is 1.56 bits per heavy atom. The van der Waals surface area contributed by atoms with Crippen LogP contribution in [-0.4, -0.2) is 40.4 Å². The lowest BCUT2D eigenvalue weighted by Crippen LogP contribution is -2.08. The number of hydrogen-bond acceptors (Lipinski definition) is 6. The van der Waals surface area contributed by atoms with E-state index in [1.165, 1.54) is 14.2 Å². The van der Waals surface area contributed by atoms with E-state index in [1.54, 1.807) is 31.2 Å². The molecule has 0 heterocycles. The summed E-state index contributed by atoms with van der Waals surface area (Å²) in [5, 5.41) is 0. The second kappa shape index (κ2) is 10.4. The van der Waals surface area contributed by atoms with Gasteiger partial charge >= 0.3 is 5.97 Å². The van der Waals surface area contributed by atoms with Crippen molar-refractivity contribution < 1.29 is 28.5 Å². The molecular weight excluding hydrogens is 348 g/mol.